The minimum Gasteiger partial charge on any atom is -0.492 e. The van der Waals surface area contributed by atoms with Gasteiger partial charge in [-0.05, 0) is 73.4 Å². The van der Waals surface area contributed by atoms with Gasteiger partial charge in [0.25, 0.3) is 0 Å². The van der Waals surface area contributed by atoms with Crippen LogP contribution in [0.25, 0.3) is 11.3 Å². The summed E-state index contributed by atoms with van der Waals surface area (Å²) < 4.78 is 16.4. The predicted octanol–water partition coefficient (Wildman–Crippen LogP) is 4.64. The van der Waals surface area contributed by atoms with Crippen molar-refractivity contribution in [3.8, 4) is 17.0 Å². The summed E-state index contributed by atoms with van der Waals surface area (Å²) in [7, 11) is 0. The first-order valence-corrected chi connectivity index (χ1v) is 13.4. The fraction of sp³-hybridized carbons (Fsp3) is 0.310. The molecule has 1 fully saturated rings. The average Bonchev–Trinajstić information content (AvgIpc) is 3.38. The zero-order valence-corrected chi connectivity index (χ0v) is 22.3. The number of carbonyl (C=O) groups excluding carboxylic acids is 1. The highest BCUT2D eigenvalue weighted by Gasteiger charge is 2.20. The van der Waals surface area contributed by atoms with Crippen molar-refractivity contribution < 1.29 is 18.8 Å². The Bertz CT molecular complexity index is 1480. The Kier molecular flexibility index (Phi) is 7.56. The summed E-state index contributed by atoms with van der Waals surface area (Å²) in [6, 6.07) is 14.8. The predicted molar refractivity (Wildman–Crippen MR) is 151 cm³/mol. The molecule has 11 nitrogen and oxygen atoms in total. The third-order valence-corrected chi connectivity index (χ3v) is 6.91. The number of urea groups is 1. The first-order chi connectivity index (χ1) is 19.6. The molecule has 1 aliphatic heterocycles. The van der Waals surface area contributed by atoms with Gasteiger partial charge in [0.2, 0.25) is 5.95 Å². The summed E-state index contributed by atoms with van der Waals surface area (Å²) in [5.41, 5.74) is 5.85. The van der Waals surface area contributed by atoms with E-state index in [-0.39, 0.29) is 0 Å². The van der Waals surface area contributed by atoms with Gasteiger partial charge in [0.05, 0.1) is 18.9 Å². The average molecular weight is 542 g/mol. The molecule has 3 heterocycles. The molecule has 40 heavy (non-hydrogen) atoms. The molecular formula is C29H31N7O4. The lowest BCUT2D eigenvalue weighted by Crippen LogP contribution is -2.38. The van der Waals surface area contributed by atoms with Gasteiger partial charge >= 0.3 is 6.03 Å². The van der Waals surface area contributed by atoms with E-state index in [1.165, 1.54) is 5.56 Å². The van der Waals surface area contributed by atoms with Crippen LogP contribution in [-0.2, 0) is 17.6 Å². The molecule has 11 heteroatoms. The molecule has 6 rings (SSSR count). The third kappa shape index (κ3) is 6.22. The van der Waals surface area contributed by atoms with E-state index in [0.717, 1.165) is 73.9 Å². The molecule has 1 saturated heterocycles. The summed E-state index contributed by atoms with van der Waals surface area (Å²) in [6.45, 7) is 6.83. The Hall–Kier alpha value is -4.48. The summed E-state index contributed by atoms with van der Waals surface area (Å²) in [5, 5.41) is 12.4. The molecule has 4 aromatic rings. The summed E-state index contributed by atoms with van der Waals surface area (Å²) >= 11 is 0. The van der Waals surface area contributed by atoms with E-state index in [0.29, 0.717) is 29.8 Å². The number of carbonyl (C=O) groups is 1. The van der Waals surface area contributed by atoms with E-state index in [1.54, 1.807) is 25.1 Å². The standard InChI is InChI=1S/C29H31N7O4/c1-19-16-26(35-40-19)33-29(37)32-23-6-4-22(5-7-23)31-28-30-18-21-3-2-20-17-24(8-9-25(20)27(21)34-28)39-15-12-36-10-13-38-14-11-36/h4-9,16-18H,2-3,10-15H2,1H3,(H,30,31,34)(H2,32,33,35,37). The number of aromatic nitrogens is 3. The number of nitrogens with zero attached hydrogens (tertiary/aromatic N) is 4. The number of rotatable bonds is 8. The zero-order valence-electron chi connectivity index (χ0n) is 22.3. The zero-order chi connectivity index (χ0) is 27.3. The Morgan fingerprint density at radius 3 is 2.60 bits per heavy atom. The van der Waals surface area contributed by atoms with Gasteiger partial charge in [-0.15, -0.1) is 0 Å². The molecular weight excluding hydrogens is 510 g/mol. The van der Waals surface area contributed by atoms with Crippen molar-refractivity contribution >= 4 is 29.2 Å². The molecule has 2 amide bonds. The Morgan fingerprint density at radius 1 is 1.00 bits per heavy atom. The second kappa shape index (κ2) is 11.7. The van der Waals surface area contributed by atoms with E-state index in [2.05, 4.69) is 43.1 Å². The fourth-order valence-electron chi connectivity index (χ4n) is 4.84. The van der Waals surface area contributed by atoms with Crippen molar-refractivity contribution in [1.29, 1.82) is 0 Å². The van der Waals surface area contributed by atoms with Gasteiger partial charge in [0.1, 0.15) is 18.1 Å². The third-order valence-electron chi connectivity index (χ3n) is 6.91. The molecule has 2 aliphatic rings. The highest BCUT2D eigenvalue weighted by molar-refractivity contribution is 5.99. The van der Waals surface area contributed by atoms with Crippen LogP contribution in [0.15, 0.2) is 59.3 Å². The summed E-state index contributed by atoms with van der Waals surface area (Å²) in [6.07, 6.45) is 3.71. The van der Waals surface area contributed by atoms with Gasteiger partial charge in [-0.2, -0.15) is 0 Å². The normalized spacial score (nSPS) is 14.6. The maximum absolute atomic E-state index is 12.2. The lowest BCUT2D eigenvalue weighted by molar-refractivity contribution is 0.0322. The molecule has 0 radical (unpaired) electrons. The van der Waals surface area contributed by atoms with E-state index >= 15 is 0 Å². The number of ether oxygens (including phenoxy) is 2. The number of nitrogens with one attached hydrogen (secondary N) is 3. The lowest BCUT2D eigenvalue weighted by atomic mass is 9.90. The van der Waals surface area contributed by atoms with Crippen molar-refractivity contribution in [3.63, 3.8) is 0 Å². The van der Waals surface area contributed by atoms with Gasteiger partial charge in [-0.1, -0.05) is 5.16 Å². The van der Waals surface area contributed by atoms with Gasteiger partial charge in [-0.3, -0.25) is 10.2 Å². The second-order valence-corrected chi connectivity index (χ2v) is 9.79. The summed E-state index contributed by atoms with van der Waals surface area (Å²) in [5.74, 6) is 2.37. The van der Waals surface area contributed by atoms with Crippen molar-refractivity contribution in [3.05, 3.63) is 71.6 Å². The van der Waals surface area contributed by atoms with Crippen LogP contribution < -0.4 is 20.7 Å². The largest absolute Gasteiger partial charge is 0.492 e. The number of hydrogen-bond acceptors (Lipinski definition) is 9. The van der Waals surface area contributed by atoms with E-state index in [1.807, 2.05) is 24.4 Å². The molecule has 206 valence electrons. The van der Waals surface area contributed by atoms with Crippen LogP contribution in [0.1, 0.15) is 16.9 Å². The van der Waals surface area contributed by atoms with Gasteiger partial charge in [-0.25, -0.2) is 14.8 Å². The number of hydrogen-bond donors (Lipinski definition) is 3. The van der Waals surface area contributed by atoms with E-state index in [9.17, 15) is 4.79 Å². The number of morpholine rings is 1. The van der Waals surface area contributed by atoms with Gasteiger partial charge in [0, 0.05) is 48.8 Å². The van der Waals surface area contributed by atoms with Gasteiger partial charge < -0.3 is 24.6 Å². The van der Waals surface area contributed by atoms with Gasteiger partial charge in [0.15, 0.2) is 5.82 Å². The van der Waals surface area contributed by atoms with E-state index in [4.69, 9.17) is 19.0 Å². The topological polar surface area (TPSA) is 127 Å². The van der Waals surface area contributed by atoms with Crippen LogP contribution in [0.4, 0.5) is 27.9 Å². The number of aryl methyl sites for hydroxylation is 3. The Balaban J connectivity index is 1.07. The number of amides is 2. The molecule has 2 aromatic heterocycles. The minimum atomic E-state index is -0.406. The molecule has 2 aromatic carbocycles. The number of benzene rings is 2. The summed E-state index contributed by atoms with van der Waals surface area (Å²) in [4.78, 5) is 23.9. The highest BCUT2D eigenvalue weighted by atomic mass is 16.5. The molecule has 0 unspecified atom stereocenters. The Morgan fingerprint density at radius 2 is 1.80 bits per heavy atom. The molecule has 3 N–H and O–H groups in total. The van der Waals surface area contributed by atoms with Crippen LogP contribution in [0.5, 0.6) is 5.75 Å². The van der Waals surface area contributed by atoms with Crippen LogP contribution in [-0.4, -0.2) is 65.5 Å². The maximum atomic E-state index is 12.2. The molecule has 0 saturated carbocycles. The SMILES string of the molecule is Cc1cc(NC(=O)Nc2ccc(Nc3ncc4c(n3)-c3ccc(OCCN5CCOCC5)cc3CC4)cc2)no1. The molecule has 1 aliphatic carbocycles. The quantitative estimate of drug-likeness (QED) is 0.292. The van der Waals surface area contributed by atoms with E-state index < -0.39 is 6.03 Å². The first kappa shape index (κ1) is 25.8. The second-order valence-electron chi connectivity index (χ2n) is 9.79. The lowest BCUT2D eigenvalue weighted by Gasteiger charge is -2.26. The van der Waals surface area contributed by atoms with Crippen LogP contribution >= 0.6 is 0 Å². The monoisotopic (exact) mass is 541 g/mol. The molecule has 0 spiro atoms. The fourth-order valence-corrected chi connectivity index (χ4v) is 4.84. The minimum absolute atomic E-state index is 0.354. The molecule has 0 atom stereocenters. The first-order valence-electron chi connectivity index (χ1n) is 13.4. The maximum Gasteiger partial charge on any atom is 0.324 e. The Labute approximate surface area is 231 Å². The van der Waals surface area contributed by atoms with Crippen molar-refractivity contribution in [2.75, 3.05) is 55.4 Å². The van der Waals surface area contributed by atoms with Crippen LogP contribution in [0, 0.1) is 6.92 Å². The smallest absolute Gasteiger partial charge is 0.324 e. The van der Waals surface area contributed by atoms with Crippen molar-refractivity contribution in [2.24, 2.45) is 0 Å². The van der Waals surface area contributed by atoms with Crippen LogP contribution in [0.2, 0.25) is 0 Å². The van der Waals surface area contributed by atoms with Crippen molar-refractivity contribution in [2.45, 2.75) is 19.8 Å². The highest BCUT2D eigenvalue weighted by Crippen LogP contribution is 2.34. The number of anilines is 4. The van der Waals surface area contributed by atoms with Crippen molar-refractivity contribution in [1.82, 2.24) is 20.0 Å². The number of fused-ring (bicyclic) bond motifs is 3. The molecule has 0 bridgehead atoms. The van der Waals surface area contributed by atoms with Crippen LogP contribution in [0.3, 0.4) is 0 Å².